The van der Waals surface area contributed by atoms with E-state index in [4.69, 9.17) is 16.3 Å². The summed E-state index contributed by atoms with van der Waals surface area (Å²) < 4.78 is 5.25. The lowest BCUT2D eigenvalue weighted by Crippen LogP contribution is -2.28. The number of ether oxygens (including phenoxy) is 1. The van der Waals surface area contributed by atoms with Gasteiger partial charge in [0, 0.05) is 13.0 Å². The van der Waals surface area contributed by atoms with Crippen LogP contribution < -0.4 is 26.7 Å². The van der Waals surface area contributed by atoms with Crippen molar-refractivity contribution >= 4 is 29.5 Å². The molecule has 0 spiro atoms. The minimum atomic E-state index is -0.723. The van der Waals surface area contributed by atoms with E-state index in [1.807, 2.05) is 4.98 Å². The number of carbonyl (C=O) groups is 1. The van der Waals surface area contributed by atoms with Gasteiger partial charge in [0.1, 0.15) is 0 Å². The van der Waals surface area contributed by atoms with Crippen molar-refractivity contribution in [2.24, 2.45) is 5.10 Å². The smallest absolute Gasteiger partial charge is 0.342 e. The number of hydrazone groups is 1. The summed E-state index contributed by atoms with van der Waals surface area (Å²) in [6.45, 7) is 2.21. The molecular formula is C15H17ClN6O5. The molecule has 27 heavy (non-hydrogen) atoms. The molecule has 0 aliphatic heterocycles. The Hall–Kier alpha value is -3.34. The SMILES string of the molecule is CCOc1cc(/C=N/NC(=O)CCNc2n[nH]c(=O)[nH]c2=O)cc(Cl)c1O. The Labute approximate surface area is 157 Å². The number of nitrogens with zero attached hydrogens (tertiary/aromatic N) is 2. The third-order valence-corrected chi connectivity index (χ3v) is 3.40. The third kappa shape index (κ3) is 5.85. The van der Waals surface area contributed by atoms with Gasteiger partial charge in [-0.2, -0.15) is 5.10 Å². The second-order valence-corrected chi connectivity index (χ2v) is 5.52. The molecule has 12 heteroatoms. The van der Waals surface area contributed by atoms with E-state index in [-0.39, 0.29) is 35.3 Å². The van der Waals surface area contributed by atoms with Crippen molar-refractivity contribution in [2.45, 2.75) is 13.3 Å². The minimum absolute atomic E-state index is 0.00187. The lowest BCUT2D eigenvalue weighted by Gasteiger charge is -2.08. The Bertz CT molecular complexity index is 954. The first-order valence-electron chi connectivity index (χ1n) is 7.80. The molecule has 0 bridgehead atoms. The van der Waals surface area contributed by atoms with Gasteiger partial charge in [-0.15, -0.1) is 5.10 Å². The molecule has 0 saturated heterocycles. The number of nitrogens with one attached hydrogen (secondary N) is 4. The number of hydrogen-bond acceptors (Lipinski definition) is 8. The Morgan fingerprint density at radius 3 is 2.93 bits per heavy atom. The van der Waals surface area contributed by atoms with Crippen molar-refractivity contribution in [1.29, 1.82) is 0 Å². The van der Waals surface area contributed by atoms with Gasteiger partial charge in [-0.25, -0.2) is 15.3 Å². The minimum Gasteiger partial charge on any atom is -0.503 e. The first-order valence-corrected chi connectivity index (χ1v) is 8.18. The number of aromatic nitrogens is 3. The van der Waals surface area contributed by atoms with Crippen molar-refractivity contribution in [1.82, 2.24) is 20.6 Å². The molecule has 0 saturated carbocycles. The van der Waals surface area contributed by atoms with E-state index in [1.54, 1.807) is 6.92 Å². The van der Waals surface area contributed by atoms with Crippen LogP contribution in [0.2, 0.25) is 5.02 Å². The molecule has 0 aliphatic carbocycles. The summed E-state index contributed by atoms with van der Waals surface area (Å²) in [5.74, 6) is -0.486. The number of phenols is 1. The number of rotatable bonds is 8. The van der Waals surface area contributed by atoms with E-state index in [2.05, 4.69) is 26.0 Å². The fourth-order valence-electron chi connectivity index (χ4n) is 1.93. The van der Waals surface area contributed by atoms with Gasteiger partial charge in [-0.05, 0) is 24.6 Å². The van der Waals surface area contributed by atoms with Crippen LogP contribution in [-0.2, 0) is 4.79 Å². The van der Waals surface area contributed by atoms with E-state index < -0.39 is 17.2 Å². The molecule has 5 N–H and O–H groups in total. The van der Waals surface area contributed by atoms with E-state index in [9.17, 15) is 19.5 Å². The highest BCUT2D eigenvalue weighted by molar-refractivity contribution is 6.32. The number of benzene rings is 1. The van der Waals surface area contributed by atoms with Crippen molar-refractivity contribution in [3.63, 3.8) is 0 Å². The lowest BCUT2D eigenvalue weighted by molar-refractivity contribution is -0.120. The Morgan fingerprint density at radius 2 is 2.22 bits per heavy atom. The van der Waals surface area contributed by atoms with Crippen LogP contribution in [0.5, 0.6) is 11.5 Å². The van der Waals surface area contributed by atoms with Crippen LogP contribution >= 0.6 is 11.6 Å². The molecule has 0 radical (unpaired) electrons. The molecule has 144 valence electrons. The zero-order valence-corrected chi connectivity index (χ0v) is 15.0. The first kappa shape index (κ1) is 20.0. The maximum Gasteiger partial charge on any atom is 0.342 e. The third-order valence-electron chi connectivity index (χ3n) is 3.11. The van der Waals surface area contributed by atoms with Gasteiger partial charge in [-0.3, -0.25) is 14.6 Å². The number of H-pyrrole nitrogens is 2. The van der Waals surface area contributed by atoms with Gasteiger partial charge in [0.05, 0.1) is 17.8 Å². The average molecular weight is 397 g/mol. The molecular weight excluding hydrogens is 380 g/mol. The highest BCUT2D eigenvalue weighted by atomic mass is 35.5. The van der Waals surface area contributed by atoms with E-state index in [1.165, 1.54) is 18.3 Å². The van der Waals surface area contributed by atoms with Crippen molar-refractivity contribution in [3.05, 3.63) is 43.6 Å². The molecule has 0 atom stereocenters. The number of aromatic hydroxyl groups is 1. The van der Waals surface area contributed by atoms with Crippen molar-refractivity contribution in [2.75, 3.05) is 18.5 Å². The van der Waals surface area contributed by atoms with Gasteiger partial charge in [-0.1, -0.05) is 11.6 Å². The highest BCUT2D eigenvalue weighted by Crippen LogP contribution is 2.34. The van der Waals surface area contributed by atoms with E-state index >= 15 is 0 Å². The zero-order valence-electron chi connectivity index (χ0n) is 14.2. The summed E-state index contributed by atoms with van der Waals surface area (Å²) in [5.41, 5.74) is 1.41. The summed E-state index contributed by atoms with van der Waals surface area (Å²) in [7, 11) is 0. The predicted molar refractivity (Wildman–Crippen MR) is 98.6 cm³/mol. The molecule has 0 fully saturated rings. The summed E-state index contributed by atoms with van der Waals surface area (Å²) in [5, 5.41) is 21.8. The second-order valence-electron chi connectivity index (χ2n) is 5.11. The fraction of sp³-hybridized carbons (Fsp3) is 0.267. The Kier molecular flexibility index (Phi) is 6.94. The number of halogens is 1. The highest BCUT2D eigenvalue weighted by Gasteiger charge is 2.09. The monoisotopic (exact) mass is 396 g/mol. The molecule has 1 aromatic carbocycles. The fourth-order valence-corrected chi connectivity index (χ4v) is 2.15. The summed E-state index contributed by atoms with van der Waals surface area (Å²) in [6.07, 6.45) is 1.34. The van der Waals surface area contributed by atoms with Crippen LogP contribution in [0.15, 0.2) is 26.8 Å². The van der Waals surface area contributed by atoms with Gasteiger partial charge in [0.2, 0.25) is 11.7 Å². The van der Waals surface area contributed by atoms with Gasteiger partial charge >= 0.3 is 5.69 Å². The van der Waals surface area contributed by atoms with Crippen LogP contribution in [0, 0.1) is 0 Å². The van der Waals surface area contributed by atoms with Gasteiger partial charge in [0.15, 0.2) is 11.5 Å². The van der Waals surface area contributed by atoms with Gasteiger partial charge in [0.25, 0.3) is 5.56 Å². The van der Waals surface area contributed by atoms with Gasteiger partial charge < -0.3 is 15.2 Å². The predicted octanol–water partition coefficient (Wildman–Crippen LogP) is 0.168. The number of anilines is 1. The van der Waals surface area contributed by atoms with Crippen LogP contribution in [0.3, 0.4) is 0 Å². The number of carbonyl (C=O) groups excluding carboxylic acids is 1. The quantitative estimate of drug-likeness (QED) is 0.313. The largest absolute Gasteiger partial charge is 0.503 e. The molecule has 0 unspecified atom stereocenters. The molecule has 2 aromatic rings. The first-order chi connectivity index (χ1) is 12.9. The van der Waals surface area contributed by atoms with E-state index in [0.29, 0.717) is 12.2 Å². The normalized spacial score (nSPS) is 10.7. The van der Waals surface area contributed by atoms with Crippen molar-refractivity contribution < 1.29 is 14.6 Å². The maximum absolute atomic E-state index is 11.7. The second kappa shape index (κ2) is 9.38. The Morgan fingerprint density at radius 1 is 1.44 bits per heavy atom. The topological polar surface area (TPSA) is 162 Å². The van der Waals surface area contributed by atoms with Crippen LogP contribution in [-0.4, -0.2) is 45.6 Å². The van der Waals surface area contributed by atoms with Crippen LogP contribution in [0.1, 0.15) is 18.9 Å². The average Bonchev–Trinajstić information content (AvgIpc) is 2.61. The lowest BCUT2D eigenvalue weighted by atomic mass is 10.2. The summed E-state index contributed by atoms with van der Waals surface area (Å²) in [6, 6.07) is 2.99. The number of aromatic amines is 2. The number of amides is 1. The Balaban J connectivity index is 1.86. The summed E-state index contributed by atoms with van der Waals surface area (Å²) >= 11 is 5.90. The molecule has 1 heterocycles. The maximum atomic E-state index is 11.7. The molecule has 1 aromatic heterocycles. The molecule has 0 aliphatic rings. The molecule has 1 amide bonds. The van der Waals surface area contributed by atoms with Crippen molar-refractivity contribution in [3.8, 4) is 11.5 Å². The standard InChI is InChI=1S/C15H17ClN6O5/c1-2-27-10-6-8(5-9(16)12(10)24)7-18-20-11(23)3-4-17-13-14(25)19-15(26)22-21-13/h5-7,24H,2-4H2,1H3,(H,17,21)(H,20,23)(H2,19,22,25,26)/b18-7+. The van der Waals surface area contributed by atoms with Crippen LogP contribution in [0.25, 0.3) is 0 Å². The molecule has 11 nitrogen and oxygen atoms in total. The number of hydrogen-bond donors (Lipinski definition) is 5. The zero-order chi connectivity index (χ0) is 19.8. The van der Waals surface area contributed by atoms with E-state index in [0.717, 1.165) is 0 Å². The molecule has 2 rings (SSSR count). The number of phenolic OH excluding ortho intramolecular Hbond substituents is 1. The van der Waals surface area contributed by atoms with Crippen LogP contribution in [0.4, 0.5) is 5.82 Å². The summed E-state index contributed by atoms with van der Waals surface area (Å²) in [4.78, 5) is 36.0.